The molecule has 0 radical (unpaired) electrons. The van der Waals surface area contributed by atoms with Crippen LogP contribution in [0.1, 0.15) is 20.3 Å². The van der Waals surface area contributed by atoms with Crippen molar-refractivity contribution in [2.45, 2.75) is 20.3 Å². The zero-order valence-corrected chi connectivity index (χ0v) is 18.1. The van der Waals surface area contributed by atoms with Crippen LogP contribution in [0.2, 0.25) is 0 Å². The Labute approximate surface area is 166 Å². The van der Waals surface area contributed by atoms with Crippen molar-refractivity contribution in [1.29, 1.82) is 0 Å². The molecule has 0 saturated carbocycles. The molecule has 0 aromatic rings. The van der Waals surface area contributed by atoms with Gasteiger partial charge in [-0.2, -0.15) is 0 Å². The van der Waals surface area contributed by atoms with Crippen molar-refractivity contribution in [3.63, 3.8) is 0 Å². The molecule has 0 atom stereocenters. The molecule has 4 aliphatic rings. The van der Waals surface area contributed by atoms with Gasteiger partial charge in [0.25, 0.3) is 0 Å². The van der Waals surface area contributed by atoms with Crippen LogP contribution in [0.3, 0.4) is 0 Å². The van der Waals surface area contributed by atoms with Crippen molar-refractivity contribution in [1.82, 2.24) is 0 Å². The molecular weight excluding hydrogens is 428 g/mol. The first kappa shape index (κ1) is 20.3. The summed E-state index contributed by atoms with van der Waals surface area (Å²) in [6.45, 7) is 4.57. The summed E-state index contributed by atoms with van der Waals surface area (Å²) in [5.41, 5.74) is 6.08. The predicted molar refractivity (Wildman–Crippen MR) is 88.3 cm³/mol. The van der Waals surface area contributed by atoms with E-state index in [-0.39, 0.29) is 51.0 Å². The minimum atomic E-state index is 0. The fourth-order valence-corrected chi connectivity index (χ4v) is 5.41. The monoisotopic (exact) mass is 440 g/mol. The van der Waals surface area contributed by atoms with E-state index < -0.39 is 0 Å². The molecule has 5 heteroatoms. The third-order valence-corrected chi connectivity index (χ3v) is 6.51. The normalized spacial score (nSPS) is 21.2. The smallest absolute Gasteiger partial charge is 1.00 e. The molecule has 110 valence electrons. The Bertz CT molecular complexity index is 696. The van der Waals surface area contributed by atoms with Crippen LogP contribution < -0.4 is 24.8 Å². The summed E-state index contributed by atoms with van der Waals surface area (Å²) < 4.78 is 0. The maximum absolute atomic E-state index is 2.28. The second-order valence-corrected chi connectivity index (χ2v) is 7.93. The van der Waals surface area contributed by atoms with Crippen LogP contribution in [0.25, 0.3) is 0 Å². The van der Waals surface area contributed by atoms with E-state index in [1.807, 2.05) is 0 Å². The fraction of sp³-hybridized carbons (Fsp3) is 0.176. The van der Waals surface area contributed by atoms with Crippen LogP contribution in [0.15, 0.2) is 69.4 Å². The average molecular weight is 442 g/mol. The zero-order chi connectivity index (χ0) is 13.0. The first-order valence-corrected chi connectivity index (χ1v) is 8.38. The molecule has 0 saturated heterocycles. The second-order valence-electron chi connectivity index (χ2n) is 5.18. The Morgan fingerprint density at radius 2 is 1.18 bits per heavy atom. The second kappa shape index (κ2) is 7.88. The van der Waals surface area contributed by atoms with E-state index in [2.05, 4.69) is 50.3 Å². The van der Waals surface area contributed by atoms with Crippen LogP contribution in [-0.4, -0.2) is 10.6 Å². The number of allylic oxidation sites excluding steroid dienone is 12. The first-order valence-electron chi connectivity index (χ1n) is 6.59. The number of fused-ring (bicyclic) bond motifs is 2. The molecule has 22 heavy (non-hydrogen) atoms. The van der Waals surface area contributed by atoms with Crippen LogP contribution in [0.5, 0.6) is 0 Å². The molecule has 0 bridgehead atoms. The number of halogens is 2. The molecule has 0 spiro atoms. The molecule has 0 nitrogen and oxygen atoms in total. The van der Waals surface area contributed by atoms with E-state index in [0.717, 1.165) is 6.42 Å². The summed E-state index contributed by atoms with van der Waals surface area (Å²) in [6, 6.07) is 0. The van der Waals surface area contributed by atoms with E-state index >= 15 is 0 Å². The summed E-state index contributed by atoms with van der Waals surface area (Å²) in [4.78, 5) is 0. The number of hydrogen-bond donors (Lipinski definition) is 0. The topological polar surface area (TPSA) is 0 Å². The minimum absolute atomic E-state index is 0. The quantitative estimate of drug-likeness (QED) is 0.491. The predicted octanol–water partition coefficient (Wildman–Crippen LogP) is -0.813. The van der Waals surface area contributed by atoms with Gasteiger partial charge >= 0.3 is 26.2 Å². The third kappa shape index (κ3) is 3.22. The third-order valence-electron chi connectivity index (χ3n) is 4.04. The van der Waals surface area contributed by atoms with E-state index in [0.29, 0.717) is 0 Å². The molecule has 0 unspecified atom stereocenters. The van der Waals surface area contributed by atoms with Gasteiger partial charge in [-0.3, -0.25) is 0 Å². The van der Waals surface area contributed by atoms with Crippen molar-refractivity contribution < 1.29 is 51.0 Å². The molecule has 0 N–H and O–H groups in total. The van der Waals surface area contributed by atoms with Crippen molar-refractivity contribution >= 4 is 27.0 Å². The largest absolute Gasteiger partial charge is 2.00 e. The standard InChI is InChI=1S/C17H14P2.2ClH.Zr/c1-10-14(12-5-3-7-16(12)18-10)9-15-11(2)19-17-8-4-6-13(15)17;;;/h3-8H,9H2,1-2H3;2*1H;/q;;;+2/p-2. The van der Waals surface area contributed by atoms with Crippen molar-refractivity contribution in [2.75, 3.05) is 0 Å². The van der Waals surface area contributed by atoms with Gasteiger partial charge < -0.3 is 24.8 Å². The Kier molecular flexibility index (Phi) is 7.26. The Morgan fingerprint density at radius 1 is 0.773 bits per heavy atom. The van der Waals surface area contributed by atoms with Crippen molar-refractivity contribution in [2.24, 2.45) is 0 Å². The van der Waals surface area contributed by atoms with Crippen LogP contribution in [0.4, 0.5) is 0 Å². The molecule has 4 rings (SSSR count). The first-order chi connectivity index (χ1) is 9.24. The van der Waals surface area contributed by atoms with Crippen molar-refractivity contribution in [3.8, 4) is 0 Å². The summed E-state index contributed by atoms with van der Waals surface area (Å²) in [5, 5.41) is 6.04. The van der Waals surface area contributed by atoms with Gasteiger partial charge in [0.15, 0.2) is 0 Å². The van der Waals surface area contributed by atoms with E-state index in [1.54, 1.807) is 11.1 Å². The Hall–Kier alpha value is 0.243. The van der Waals surface area contributed by atoms with Gasteiger partial charge in [-0.15, -0.1) is 0 Å². The molecule has 0 aromatic heterocycles. The van der Waals surface area contributed by atoms with Gasteiger partial charge in [0.2, 0.25) is 0 Å². The molecule has 2 aliphatic carbocycles. The summed E-state index contributed by atoms with van der Waals surface area (Å²) in [7, 11) is 2.82. The minimum Gasteiger partial charge on any atom is -1.00 e. The molecule has 0 aromatic carbocycles. The SMILES string of the molecule is CC1=PC2=CC=CC2=C1CC1=C2C=CC=C2P=C1C.[Cl-].[Cl-].[Zr+2]. The summed E-state index contributed by atoms with van der Waals surface area (Å²) in [6.07, 6.45) is 14.6. The van der Waals surface area contributed by atoms with Gasteiger partial charge in [0.05, 0.1) is 0 Å². The van der Waals surface area contributed by atoms with Gasteiger partial charge in [0, 0.05) is 10.6 Å². The van der Waals surface area contributed by atoms with Gasteiger partial charge in [-0.05, 0) is 65.3 Å². The van der Waals surface area contributed by atoms with Crippen LogP contribution in [0, 0.1) is 0 Å². The van der Waals surface area contributed by atoms with E-state index in [9.17, 15) is 0 Å². The maximum atomic E-state index is 2.28. The van der Waals surface area contributed by atoms with E-state index in [1.165, 1.54) is 48.8 Å². The molecule has 0 fully saturated rings. The van der Waals surface area contributed by atoms with Crippen molar-refractivity contribution in [3.05, 3.63) is 69.4 Å². The maximum Gasteiger partial charge on any atom is 2.00 e. The molecule has 0 amide bonds. The molecule has 2 heterocycles. The number of rotatable bonds is 2. The summed E-state index contributed by atoms with van der Waals surface area (Å²) >= 11 is 0. The molecular formula is C17H14Cl2P2Zr. The zero-order valence-electron chi connectivity index (χ0n) is 12.3. The number of hydrogen-bond acceptors (Lipinski definition) is 0. The van der Waals surface area contributed by atoms with Crippen LogP contribution >= 0.6 is 16.4 Å². The fourth-order valence-electron chi connectivity index (χ4n) is 3.04. The van der Waals surface area contributed by atoms with Gasteiger partial charge in [0.1, 0.15) is 0 Å². The van der Waals surface area contributed by atoms with Gasteiger partial charge in [-0.25, -0.2) is 0 Å². The summed E-state index contributed by atoms with van der Waals surface area (Å²) in [5.74, 6) is 0. The Balaban J connectivity index is 0.000000807. The van der Waals surface area contributed by atoms with Crippen LogP contribution in [-0.2, 0) is 26.2 Å². The molecule has 2 aliphatic heterocycles. The van der Waals surface area contributed by atoms with Gasteiger partial charge in [-0.1, -0.05) is 40.7 Å². The average Bonchev–Trinajstić information content (AvgIpc) is 3.06. The van der Waals surface area contributed by atoms with E-state index in [4.69, 9.17) is 0 Å². The Morgan fingerprint density at radius 3 is 1.59 bits per heavy atom.